The Labute approximate surface area is 153 Å². The van der Waals surface area contributed by atoms with Gasteiger partial charge in [-0.3, -0.25) is 4.79 Å². The second-order valence-electron chi connectivity index (χ2n) is 6.76. The van der Waals surface area contributed by atoms with Crippen LogP contribution in [0.25, 0.3) is 10.4 Å². The van der Waals surface area contributed by atoms with Crippen molar-refractivity contribution >= 4 is 17.2 Å². The molecule has 1 aliphatic heterocycles. The summed E-state index contributed by atoms with van der Waals surface area (Å²) in [6.07, 6.45) is 2.23. The molecule has 0 unspecified atom stereocenters. The minimum Gasteiger partial charge on any atom is -0.396 e. The quantitative estimate of drug-likeness (QED) is 0.834. The number of rotatable bonds is 6. The highest BCUT2D eigenvalue weighted by atomic mass is 32.1. The zero-order chi connectivity index (χ0) is 17.6. The number of thiophene rings is 1. The van der Waals surface area contributed by atoms with Gasteiger partial charge >= 0.3 is 0 Å². The van der Waals surface area contributed by atoms with Crippen molar-refractivity contribution in [2.24, 2.45) is 5.92 Å². The summed E-state index contributed by atoms with van der Waals surface area (Å²) in [6.45, 7) is 5.82. The lowest BCUT2D eigenvalue weighted by Gasteiger charge is -2.31. The average molecular weight is 359 g/mol. The van der Waals surface area contributed by atoms with Crippen LogP contribution in [0.4, 0.5) is 0 Å². The molecule has 1 aromatic heterocycles. The molecule has 1 aromatic carbocycles. The number of aryl methyl sites for hydroxylation is 1. The Hall–Kier alpha value is -1.69. The molecular formula is C20H26N2O2S. The summed E-state index contributed by atoms with van der Waals surface area (Å²) in [5.41, 5.74) is 3.05. The molecule has 4 nitrogen and oxygen atoms in total. The highest BCUT2D eigenvalue weighted by Gasteiger charge is 2.18. The Morgan fingerprint density at radius 3 is 3.04 bits per heavy atom. The van der Waals surface area contributed by atoms with Gasteiger partial charge in [0.15, 0.2) is 0 Å². The first-order chi connectivity index (χ1) is 12.2. The maximum Gasteiger partial charge on any atom is 0.251 e. The van der Waals surface area contributed by atoms with Crippen LogP contribution in [0, 0.1) is 12.8 Å². The Bertz CT molecular complexity index is 713. The number of likely N-dealkylation sites (tertiary alicyclic amines) is 1. The molecule has 0 bridgehead atoms. The molecule has 1 saturated heterocycles. The van der Waals surface area contributed by atoms with E-state index in [1.165, 1.54) is 10.4 Å². The zero-order valence-corrected chi connectivity index (χ0v) is 15.5. The van der Waals surface area contributed by atoms with Gasteiger partial charge < -0.3 is 15.3 Å². The minimum absolute atomic E-state index is 0.0215. The minimum atomic E-state index is -0.0215. The van der Waals surface area contributed by atoms with Crippen LogP contribution < -0.4 is 5.32 Å². The third-order valence-corrected chi connectivity index (χ3v) is 5.89. The number of nitrogens with zero attached hydrogens (tertiary/aromatic N) is 1. The van der Waals surface area contributed by atoms with Gasteiger partial charge in [-0.15, -0.1) is 11.3 Å². The van der Waals surface area contributed by atoms with Crippen molar-refractivity contribution in [3.8, 4) is 10.4 Å². The van der Waals surface area contributed by atoms with Crippen LogP contribution >= 0.6 is 11.3 Å². The van der Waals surface area contributed by atoms with Crippen molar-refractivity contribution < 1.29 is 9.90 Å². The molecule has 0 radical (unpaired) electrons. The summed E-state index contributed by atoms with van der Waals surface area (Å²) < 4.78 is 0. The van der Waals surface area contributed by atoms with E-state index in [9.17, 15) is 9.90 Å². The number of aliphatic hydroxyl groups excluding tert-OH is 1. The first kappa shape index (κ1) is 18.1. The fourth-order valence-corrected chi connectivity index (χ4v) is 4.33. The number of hydrogen-bond donors (Lipinski definition) is 2. The lowest BCUT2D eigenvalue weighted by molar-refractivity contribution is 0.0930. The lowest BCUT2D eigenvalue weighted by atomic mass is 9.99. The van der Waals surface area contributed by atoms with E-state index in [-0.39, 0.29) is 12.5 Å². The third kappa shape index (κ3) is 4.69. The van der Waals surface area contributed by atoms with Crippen LogP contribution in [-0.2, 0) is 0 Å². The van der Waals surface area contributed by atoms with Crippen molar-refractivity contribution in [3.05, 3.63) is 46.8 Å². The summed E-state index contributed by atoms with van der Waals surface area (Å²) in [5, 5.41) is 14.4. The van der Waals surface area contributed by atoms with Gasteiger partial charge in [0.1, 0.15) is 0 Å². The van der Waals surface area contributed by atoms with Gasteiger partial charge in [0.25, 0.3) is 5.91 Å². The van der Waals surface area contributed by atoms with Crippen molar-refractivity contribution in [1.82, 2.24) is 10.2 Å². The SMILES string of the molecule is Cc1ccsc1-c1cccc(C(=O)NCCN2CCC[C@@H](CO)C2)c1. The van der Waals surface area contributed by atoms with Gasteiger partial charge in [-0.25, -0.2) is 0 Å². The fraction of sp³-hybridized carbons (Fsp3) is 0.450. The van der Waals surface area contributed by atoms with E-state index >= 15 is 0 Å². The Balaban J connectivity index is 1.54. The van der Waals surface area contributed by atoms with Crippen molar-refractivity contribution in [1.29, 1.82) is 0 Å². The summed E-state index contributed by atoms with van der Waals surface area (Å²) >= 11 is 1.70. The predicted molar refractivity (Wildman–Crippen MR) is 103 cm³/mol. The van der Waals surface area contributed by atoms with Gasteiger partial charge in [-0.05, 0) is 66.9 Å². The van der Waals surface area contributed by atoms with Crippen LogP contribution in [0.5, 0.6) is 0 Å². The second kappa shape index (κ2) is 8.61. The van der Waals surface area contributed by atoms with Gasteiger partial charge in [-0.1, -0.05) is 12.1 Å². The third-order valence-electron chi connectivity index (χ3n) is 4.82. The van der Waals surface area contributed by atoms with Crippen LogP contribution in [0.2, 0.25) is 0 Å². The highest BCUT2D eigenvalue weighted by molar-refractivity contribution is 7.13. The number of hydrogen-bond acceptors (Lipinski definition) is 4. The smallest absolute Gasteiger partial charge is 0.251 e. The molecule has 0 spiro atoms. The van der Waals surface area contributed by atoms with E-state index < -0.39 is 0 Å². The number of carbonyl (C=O) groups excluding carboxylic acids is 1. The molecule has 1 fully saturated rings. The number of nitrogens with one attached hydrogen (secondary N) is 1. The van der Waals surface area contributed by atoms with E-state index in [0.29, 0.717) is 18.0 Å². The summed E-state index contributed by atoms with van der Waals surface area (Å²) in [5.74, 6) is 0.363. The first-order valence-electron chi connectivity index (χ1n) is 8.93. The largest absolute Gasteiger partial charge is 0.396 e. The topological polar surface area (TPSA) is 52.6 Å². The molecule has 5 heteroatoms. The predicted octanol–water partition coefficient (Wildman–Crippen LogP) is 3.16. The molecule has 1 atom stereocenters. The fourth-order valence-electron chi connectivity index (χ4n) is 3.40. The van der Waals surface area contributed by atoms with Gasteiger partial charge in [-0.2, -0.15) is 0 Å². The van der Waals surface area contributed by atoms with Gasteiger partial charge in [0.2, 0.25) is 0 Å². The van der Waals surface area contributed by atoms with E-state index in [2.05, 4.69) is 34.7 Å². The second-order valence-corrected chi connectivity index (χ2v) is 7.68. The molecule has 0 aliphatic carbocycles. The Kier molecular flexibility index (Phi) is 6.24. The van der Waals surface area contributed by atoms with Crippen LogP contribution in [0.15, 0.2) is 35.7 Å². The van der Waals surface area contributed by atoms with Crippen molar-refractivity contribution in [2.75, 3.05) is 32.8 Å². The first-order valence-corrected chi connectivity index (χ1v) is 9.81. The molecule has 2 heterocycles. The molecule has 2 N–H and O–H groups in total. The molecule has 2 aromatic rings. The lowest BCUT2D eigenvalue weighted by Crippen LogP contribution is -2.41. The maximum absolute atomic E-state index is 12.4. The summed E-state index contributed by atoms with van der Waals surface area (Å²) in [7, 11) is 0. The van der Waals surface area contributed by atoms with Gasteiger partial charge in [0.05, 0.1) is 0 Å². The van der Waals surface area contributed by atoms with Crippen LogP contribution in [0.3, 0.4) is 0 Å². The highest BCUT2D eigenvalue weighted by Crippen LogP contribution is 2.29. The Morgan fingerprint density at radius 2 is 2.28 bits per heavy atom. The van der Waals surface area contributed by atoms with Gasteiger partial charge in [0, 0.05) is 36.7 Å². The monoisotopic (exact) mass is 358 g/mol. The standard InChI is InChI=1S/C20H26N2O2S/c1-15-7-11-25-19(15)17-5-2-6-18(12-17)20(24)21-8-10-22-9-3-4-16(13-22)14-23/h2,5-7,11-12,16,23H,3-4,8-10,13-14H2,1H3,(H,21,24)/t16-/m1/s1. The zero-order valence-electron chi connectivity index (χ0n) is 14.7. The molecule has 134 valence electrons. The van der Waals surface area contributed by atoms with Crippen LogP contribution in [-0.4, -0.2) is 48.7 Å². The number of aliphatic hydroxyl groups is 1. The maximum atomic E-state index is 12.4. The summed E-state index contributed by atoms with van der Waals surface area (Å²) in [6, 6.07) is 9.94. The van der Waals surface area contributed by atoms with E-state index in [4.69, 9.17) is 0 Å². The number of piperidine rings is 1. The van der Waals surface area contributed by atoms with Crippen molar-refractivity contribution in [3.63, 3.8) is 0 Å². The molecule has 0 saturated carbocycles. The molecule has 1 amide bonds. The summed E-state index contributed by atoms with van der Waals surface area (Å²) in [4.78, 5) is 16.0. The molecule has 25 heavy (non-hydrogen) atoms. The molecular weight excluding hydrogens is 332 g/mol. The normalized spacial score (nSPS) is 18.2. The Morgan fingerprint density at radius 1 is 1.40 bits per heavy atom. The van der Waals surface area contributed by atoms with E-state index in [0.717, 1.165) is 38.0 Å². The van der Waals surface area contributed by atoms with E-state index in [1.54, 1.807) is 11.3 Å². The average Bonchev–Trinajstić information content (AvgIpc) is 3.08. The number of amides is 1. The number of carbonyl (C=O) groups is 1. The number of benzene rings is 1. The van der Waals surface area contributed by atoms with Crippen LogP contribution in [0.1, 0.15) is 28.8 Å². The van der Waals surface area contributed by atoms with E-state index in [1.807, 2.05) is 18.2 Å². The molecule has 3 rings (SSSR count). The van der Waals surface area contributed by atoms with Crippen molar-refractivity contribution in [2.45, 2.75) is 19.8 Å². The molecule has 1 aliphatic rings.